The molecule has 0 aliphatic heterocycles. The first-order valence-corrected chi connectivity index (χ1v) is 5.71. The highest BCUT2D eigenvalue weighted by atomic mass is 16.1. The van der Waals surface area contributed by atoms with E-state index < -0.39 is 0 Å². The number of rotatable bonds is 3. The number of hydrogen-bond acceptors (Lipinski definition) is 3. The number of pyridine rings is 1. The second-order valence-electron chi connectivity index (χ2n) is 4.00. The van der Waals surface area contributed by atoms with Crippen LogP contribution < -0.4 is 10.6 Å². The fourth-order valence-electron chi connectivity index (χ4n) is 1.58. The number of benzene rings is 1. The Morgan fingerprint density at radius 3 is 2.50 bits per heavy atom. The van der Waals surface area contributed by atoms with Gasteiger partial charge >= 0.3 is 0 Å². The number of carbonyl (C=O) groups is 1. The Morgan fingerprint density at radius 1 is 1.17 bits per heavy atom. The summed E-state index contributed by atoms with van der Waals surface area (Å²) in [5.74, 6) is 0.411. The minimum absolute atomic E-state index is 0.157. The Labute approximate surface area is 106 Å². The molecular weight excluding hydrogens is 226 g/mol. The predicted molar refractivity (Wildman–Crippen MR) is 72.9 cm³/mol. The zero-order valence-corrected chi connectivity index (χ0v) is 10.4. The Balaban J connectivity index is 2.11. The molecule has 0 spiro atoms. The van der Waals surface area contributed by atoms with Crippen molar-refractivity contribution in [3.63, 3.8) is 0 Å². The van der Waals surface area contributed by atoms with Gasteiger partial charge < -0.3 is 10.6 Å². The van der Waals surface area contributed by atoms with Crippen LogP contribution in [0, 0.1) is 6.92 Å². The van der Waals surface area contributed by atoms with Crippen molar-refractivity contribution in [1.29, 1.82) is 0 Å². The number of hydrogen-bond donors (Lipinski definition) is 2. The lowest BCUT2D eigenvalue weighted by Crippen LogP contribution is -2.12. The van der Waals surface area contributed by atoms with Gasteiger partial charge in [-0.1, -0.05) is 0 Å². The lowest BCUT2D eigenvalue weighted by atomic mass is 10.2. The minimum atomic E-state index is -0.157. The fraction of sp³-hybridized carbons (Fsp3) is 0.143. The first-order chi connectivity index (χ1) is 8.69. The van der Waals surface area contributed by atoms with Crippen molar-refractivity contribution < 1.29 is 4.79 Å². The van der Waals surface area contributed by atoms with Gasteiger partial charge in [-0.3, -0.25) is 4.79 Å². The number of aryl methyl sites for hydroxylation is 1. The summed E-state index contributed by atoms with van der Waals surface area (Å²) in [6.07, 6.45) is 1.68. The molecule has 1 aromatic carbocycles. The van der Waals surface area contributed by atoms with Crippen LogP contribution in [0.5, 0.6) is 0 Å². The van der Waals surface area contributed by atoms with Crippen LogP contribution in [0.2, 0.25) is 0 Å². The third-order valence-electron chi connectivity index (χ3n) is 2.59. The maximum absolute atomic E-state index is 12.0. The SMILES string of the molecule is CNc1ccc(C(=O)Nc2cc(C)ccn2)cc1. The van der Waals surface area contributed by atoms with Crippen LogP contribution >= 0.6 is 0 Å². The van der Waals surface area contributed by atoms with Gasteiger partial charge in [-0.15, -0.1) is 0 Å². The van der Waals surface area contributed by atoms with Gasteiger partial charge in [-0.25, -0.2) is 4.98 Å². The topological polar surface area (TPSA) is 54.0 Å². The fourth-order valence-corrected chi connectivity index (χ4v) is 1.58. The van der Waals surface area contributed by atoms with Crippen LogP contribution in [-0.2, 0) is 0 Å². The molecule has 0 unspecified atom stereocenters. The quantitative estimate of drug-likeness (QED) is 0.868. The van der Waals surface area contributed by atoms with E-state index >= 15 is 0 Å². The molecule has 1 heterocycles. The van der Waals surface area contributed by atoms with Gasteiger partial charge in [-0.05, 0) is 48.9 Å². The number of nitrogens with zero attached hydrogens (tertiary/aromatic N) is 1. The molecule has 92 valence electrons. The summed E-state index contributed by atoms with van der Waals surface area (Å²) in [5.41, 5.74) is 2.64. The van der Waals surface area contributed by atoms with E-state index in [4.69, 9.17) is 0 Å². The number of anilines is 2. The molecule has 0 saturated carbocycles. The zero-order chi connectivity index (χ0) is 13.0. The molecule has 0 saturated heterocycles. The van der Waals surface area contributed by atoms with Crippen LogP contribution in [0.15, 0.2) is 42.6 Å². The molecule has 0 bridgehead atoms. The van der Waals surface area contributed by atoms with Gasteiger partial charge in [0.05, 0.1) is 0 Å². The summed E-state index contributed by atoms with van der Waals surface area (Å²) >= 11 is 0. The lowest BCUT2D eigenvalue weighted by molar-refractivity contribution is 0.102. The number of aromatic nitrogens is 1. The molecule has 0 aliphatic carbocycles. The van der Waals surface area contributed by atoms with Crippen molar-refractivity contribution in [3.05, 3.63) is 53.7 Å². The first-order valence-electron chi connectivity index (χ1n) is 5.71. The summed E-state index contributed by atoms with van der Waals surface area (Å²) in [5, 5.41) is 5.77. The van der Waals surface area contributed by atoms with Gasteiger partial charge in [-0.2, -0.15) is 0 Å². The van der Waals surface area contributed by atoms with Crippen molar-refractivity contribution in [3.8, 4) is 0 Å². The summed E-state index contributed by atoms with van der Waals surface area (Å²) < 4.78 is 0. The zero-order valence-electron chi connectivity index (χ0n) is 10.4. The second-order valence-corrected chi connectivity index (χ2v) is 4.00. The van der Waals surface area contributed by atoms with Crippen molar-refractivity contribution in [2.75, 3.05) is 17.7 Å². The molecular formula is C14H15N3O. The van der Waals surface area contributed by atoms with E-state index in [1.807, 2.05) is 38.2 Å². The van der Waals surface area contributed by atoms with Gasteiger partial charge in [0.2, 0.25) is 0 Å². The Kier molecular flexibility index (Phi) is 3.57. The maximum atomic E-state index is 12.0. The van der Waals surface area contributed by atoms with E-state index in [9.17, 15) is 4.79 Å². The van der Waals surface area contributed by atoms with E-state index in [0.29, 0.717) is 11.4 Å². The summed E-state index contributed by atoms with van der Waals surface area (Å²) in [7, 11) is 1.84. The molecule has 2 aromatic rings. The normalized spacial score (nSPS) is 9.89. The van der Waals surface area contributed by atoms with E-state index in [0.717, 1.165) is 11.3 Å². The Bertz CT molecular complexity index is 549. The summed E-state index contributed by atoms with van der Waals surface area (Å²) in [6.45, 7) is 1.96. The van der Waals surface area contributed by atoms with Gasteiger partial charge in [0.15, 0.2) is 0 Å². The summed E-state index contributed by atoms with van der Waals surface area (Å²) in [4.78, 5) is 16.0. The highest BCUT2D eigenvalue weighted by Crippen LogP contribution is 2.11. The smallest absolute Gasteiger partial charge is 0.256 e. The molecule has 0 atom stereocenters. The largest absolute Gasteiger partial charge is 0.388 e. The Hall–Kier alpha value is -2.36. The molecule has 0 fully saturated rings. The second kappa shape index (κ2) is 5.31. The predicted octanol–water partition coefficient (Wildman–Crippen LogP) is 2.68. The molecule has 0 aliphatic rings. The highest BCUT2D eigenvalue weighted by Gasteiger charge is 2.06. The average Bonchev–Trinajstić information content (AvgIpc) is 2.39. The number of nitrogens with one attached hydrogen (secondary N) is 2. The van der Waals surface area contributed by atoms with Crippen molar-refractivity contribution >= 4 is 17.4 Å². The molecule has 4 nitrogen and oxygen atoms in total. The van der Waals surface area contributed by atoms with E-state index in [2.05, 4.69) is 15.6 Å². The average molecular weight is 241 g/mol. The van der Waals surface area contributed by atoms with Crippen LogP contribution in [0.25, 0.3) is 0 Å². The van der Waals surface area contributed by atoms with Crippen molar-refractivity contribution in [2.45, 2.75) is 6.92 Å². The molecule has 2 rings (SSSR count). The third-order valence-corrected chi connectivity index (χ3v) is 2.59. The third kappa shape index (κ3) is 2.85. The highest BCUT2D eigenvalue weighted by molar-refractivity contribution is 6.03. The monoisotopic (exact) mass is 241 g/mol. The number of carbonyl (C=O) groups excluding carboxylic acids is 1. The summed E-state index contributed by atoms with van der Waals surface area (Å²) in [6, 6.07) is 11.0. The van der Waals surface area contributed by atoms with Crippen molar-refractivity contribution in [1.82, 2.24) is 4.98 Å². The minimum Gasteiger partial charge on any atom is -0.388 e. The number of amides is 1. The van der Waals surface area contributed by atoms with E-state index in [1.165, 1.54) is 0 Å². The standard InChI is InChI=1S/C14H15N3O/c1-10-7-8-16-13(9-10)17-14(18)11-3-5-12(15-2)6-4-11/h3-9,15H,1-2H3,(H,16,17,18). The van der Waals surface area contributed by atoms with Crippen LogP contribution in [0.3, 0.4) is 0 Å². The molecule has 0 radical (unpaired) electrons. The van der Waals surface area contributed by atoms with Crippen LogP contribution in [0.1, 0.15) is 15.9 Å². The molecule has 1 aromatic heterocycles. The molecule has 2 N–H and O–H groups in total. The van der Waals surface area contributed by atoms with Gasteiger partial charge in [0, 0.05) is 24.5 Å². The maximum Gasteiger partial charge on any atom is 0.256 e. The van der Waals surface area contributed by atoms with Crippen LogP contribution in [-0.4, -0.2) is 17.9 Å². The van der Waals surface area contributed by atoms with Gasteiger partial charge in [0.1, 0.15) is 5.82 Å². The molecule has 4 heteroatoms. The Morgan fingerprint density at radius 2 is 1.89 bits per heavy atom. The van der Waals surface area contributed by atoms with Gasteiger partial charge in [0.25, 0.3) is 5.91 Å². The van der Waals surface area contributed by atoms with Crippen LogP contribution in [0.4, 0.5) is 11.5 Å². The lowest BCUT2D eigenvalue weighted by Gasteiger charge is -2.06. The molecule has 18 heavy (non-hydrogen) atoms. The van der Waals surface area contributed by atoms with E-state index in [-0.39, 0.29) is 5.91 Å². The van der Waals surface area contributed by atoms with Crippen molar-refractivity contribution in [2.24, 2.45) is 0 Å². The molecule has 1 amide bonds. The first kappa shape index (κ1) is 12.1. The van der Waals surface area contributed by atoms with E-state index in [1.54, 1.807) is 18.3 Å².